The number of imide groups is 1. The van der Waals surface area contributed by atoms with E-state index in [9.17, 15) is 58.2 Å². The number of thioether (sulfide) groups is 3. The van der Waals surface area contributed by atoms with Crippen LogP contribution in [-0.2, 0) is 70.1 Å². The van der Waals surface area contributed by atoms with E-state index in [1.165, 1.54) is 78.7 Å². The first-order chi connectivity index (χ1) is 42.4. The number of likely N-dealkylation sites (N-methyl/N-ethyl adjacent to an activating group) is 1. The quantitative estimate of drug-likeness (QED) is 0.0174. The summed E-state index contributed by atoms with van der Waals surface area (Å²) in [5, 5.41) is 25.8. The van der Waals surface area contributed by atoms with Crippen LogP contribution >= 0.6 is 46.9 Å². The molecule has 492 valence electrons. The van der Waals surface area contributed by atoms with Crippen molar-refractivity contribution in [3.63, 3.8) is 0 Å². The second kappa shape index (κ2) is 31.8. The molecular weight excluding hydrogens is 1240 g/mol. The number of alkyl carbamates (subject to hydrolysis) is 1. The van der Waals surface area contributed by atoms with Gasteiger partial charge in [0.25, 0.3) is 0 Å². The first-order valence-electron chi connectivity index (χ1n) is 29.6. The maximum Gasteiger partial charge on any atom is 0.409 e. The molecule has 5 heterocycles. The number of methoxy groups -OCH3 is 2. The number of nitrogens with one attached hydrogen (secondary N) is 2. The van der Waals surface area contributed by atoms with E-state index in [0.717, 1.165) is 29.0 Å². The summed E-state index contributed by atoms with van der Waals surface area (Å²) in [5.41, 5.74) is -0.711. The van der Waals surface area contributed by atoms with Gasteiger partial charge in [-0.2, -0.15) is 11.8 Å². The van der Waals surface area contributed by atoms with Gasteiger partial charge in [0, 0.05) is 94.1 Å². The highest BCUT2D eigenvalue weighted by molar-refractivity contribution is 8.03. The summed E-state index contributed by atoms with van der Waals surface area (Å²) >= 11 is 10.6. The molecule has 9 atom stereocenters. The fourth-order valence-electron chi connectivity index (χ4n) is 11.0. The van der Waals surface area contributed by atoms with Crippen LogP contribution in [0.5, 0.6) is 5.75 Å². The van der Waals surface area contributed by atoms with Gasteiger partial charge in [-0.05, 0) is 82.7 Å². The van der Waals surface area contributed by atoms with Gasteiger partial charge in [0.05, 0.1) is 53.3 Å². The number of epoxide rings is 1. The Labute approximate surface area is 542 Å². The number of aromatic nitrogens is 1. The van der Waals surface area contributed by atoms with E-state index in [0.29, 0.717) is 42.9 Å². The highest BCUT2D eigenvalue weighted by atomic mass is 35.5. The maximum absolute atomic E-state index is 14.5. The third-order valence-electron chi connectivity index (χ3n) is 16.6. The largest absolute Gasteiger partial charge is 0.495 e. The number of aliphatic hydroxyl groups is 1. The lowest BCUT2D eigenvalue weighted by Crippen LogP contribution is -2.63. The van der Waals surface area contributed by atoms with Crippen molar-refractivity contribution in [1.29, 1.82) is 0 Å². The molecule has 90 heavy (non-hydrogen) atoms. The minimum Gasteiger partial charge on any atom is -0.495 e. The van der Waals surface area contributed by atoms with Crippen molar-refractivity contribution in [2.24, 2.45) is 5.92 Å². The highest BCUT2D eigenvalue weighted by Crippen LogP contribution is 2.49. The second-order valence-corrected chi connectivity index (χ2v) is 27.9. The topological polar surface area (TPSA) is 307 Å². The molecule has 3 saturated heterocycles. The maximum atomic E-state index is 14.5. The number of amides is 6. The number of carboxylic acid groups (broad SMARTS) is 1. The first-order valence-corrected chi connectivity index (χ1v) is 33.5. The zero-order valence-electron chi connectivity index (χ0n) is 53.0. The van der Waals surface area contributed by atoms with Crippen molar-refractivity contribution in [2.45, 2.75) is 170 Å². The van der Waals surface area contributed by atoms with E-state index in [1.807, 2.05) is 33.1 Å². The minimum absolute atomic E-state index is 0.00197. The fourth-order valence-corrected chi connectivity index (χ4v) is 13.7. The number of nitrogens with zero attached hydrogens (tertiary/aromatic N) is 4. The lowest BCUT2D eigenvalue weighted by atomic mass is 9.83. The number of Topliss-reactive ketones (excluding diaryl/α,β-unsaturated/α-hetero) is 2. The Hall–Kier alpha value is -6.29. The Balaban J connectivity index is 1.05. The van der Waals surface area contributed by atoms with Gasteiger partial charge in [-0.15, -0.1) is 23.5 Å². The molecule has 4 aliphatic rings. The van der Waals surface area contributed by atoms with Crippen LogP contribution in [0.15, 0.2) is 59.2 Å². The van der Waals surface area contributed by atoms with E-state index in [-0.39, 0.29) is 102 Å². The van der Waals surface area contributed by atoms with E-state index >= 15 is 0 Å². The minimum atomic E-state index is -1.90. The summed E-state index contributed by atoms with van der Waals surface area (Å²) in [6.07, 6.45) is 7.23. The molecule has 27 heteroatoms. The van der Waals surface area contributed by atoms with Gasteiger partial charge >= 0.3 is 18.0 Å². The van der Waals surface area contributed by atoms with Crippen LogP contribution in [0.2, 0.25) is 5.02 Å². The summed E-state index contributed by atoms with van der Waals surface area (Å²) in [5.74, 6) is -4.63. The third kappa shape index (κ3) is 18.7. The van der Waals surface area contributed by atoms with Gasteiger partial charge in [-0.25, -0.2) is 14.4 Å². The number of carbonyl (C=O) groups excluding carboxylic acids is 9. The van der Waals surface area contributed by atoms with Crippen LogP contribution in [0.4, 0.5) is 16.2 Å². The molecule has 1 aromatic carbocycles. The number of unbranched alkanes of at least 4 members (excludes halogenated alkanes) is 2. The SMILES string of the molecule is COc1cc2cc(c1Cl)N(C)C(=O)C[C@H](OC(=O)[C@H](C)N(C)C(=O)CCC(C)(C)SC1CC(=O)N(CCCCCC(=O)c3cnc(CC(=O)/C(=C\C(=O)O)SC)c(NC(=O)CCSC)c3)C1=O)[C@@]1(C)O[C@H]1[C@H](C)[C@@H]1C[C@@](O)(NC(=O)O1)[C@H](OC)/C=C/C=C(\C)C2. The molecule has 2 aromatic rings. The summed E-state index contributed by atoms with van der Waals surface area (Å²) in [4.78, 5) is 141. The molecule has 23 nitrogen and oxygen atoms in total. The highest BCUT2D eigenvalue weighted by Gasteiger charge is 2.64. The number of pyridine rings is 1. The number of allylic oxidation sites excluding steroid dienone is 4. The Bertz CT molecular complexity index is 3180. The molecule has 6 rings (SSSR count). The molecule has 1 aromatic heterocycles. The number of hydrogen-bond donors (Lipinski definition) is 4. The van der Waals surface area contributed by atoms with Crippen LogP contribution in [0.25, 0.3) is 0 Å². The molecule has 0 aliphatic carbocycles. The summed E-state index contributed by atoms with van der Waals surface area (Å²) in [7, 11) is 5.87. The number of halogens is 1. The number of carboxylic acids is 1. The second-order valence-electron chi connectivity index (χ2n) is 23.8. The van der Waals surface area contributed by atoms with Crippen molar-refractivity contribution >= 4 is 117 Å². The first kappa shape index (κ1) is 72.8. The van der Waals surface area contributed by atoms with E-state index in [1.54, 1.807) is 51.4 Å². The molecule has 4 N–H and O–H groups in total. The van der Waals surface area contributed by atoms with Gasteiger partial charge in [-0.1, -0.05) is 62.6 Å². The van der Waals surface area contributed by atoms with Gasteiger partial charge in [0.2, 0.25) is 29.5 Å². The Kier molecular flexibility index (Phi) is 25.7. The molecule has 4 aliphatic heterocycles. The molecular formula is C63H83ClN6O17S3. The Morgan fingerprint density at radius 1 is 1.03 bits per heavy atom. The molecule has 3 fully saturated rings. The number of aliphatic carboxylic acids is 1. The smallest absolute Gasteiger partial charge is 0.409 e. The summed E-state index contributed by atoms with van der Waals surface area (Å²) in [6.45, 7) is 10.7. The monoisotopic (exact) mass is 1330 g/mol. The van der Waals surface area contributed by atoms with Crippen molar-refractivity contribution in [3.05, 3.63) is 81.0 Å². The Morgan fingerprint density at radius 2 is 1.76 bits per heavy atom. The number of likely N-dealkylation sites (tertiary alicyclic amines) is 1. The summed E-state index contributed by atoms with van der Waals surface area (Å²) < 4.78 is 28.9. The number of hydrogen-bond acceptors (Lipinski definition) is 20. The molecule has 6 amide bonds. The molecule has 4 bridgehead atoms. The standard InChI is InChI=1S/C63H83ClN6O17S3/c1-35-17-16-19-49(84-10)63(82)33-46(85-60(81)67-63)36(2)57-62(6,87-57)50(32-53(75)69(8)42-26-38(25-35)27-45(83-9)56(42)64)86-59(80)37(3)68(7)52(74)20-22-61(4,5)90-48-30-54(76)70(58(48)79)23-15-13-14-18-43(71)39-28-41(66-51(73)21-24-88-11)40(65-34-39)29-44(72)47(89-12)31-55(77)78/h16-17,19,26-28,31,34,36-37,46,48-50,57,82H,13-15,18,20-25,29-30,32-33H2,1-12H3,(H,66,73)(H,67,81)(H,77,78)/b19-16+,35-17+,47-31+/t36-,37+,46+,48?,49-,50+,57+,62-,63+/m1/s1. The predicted octanol–water partition coefficient (Wildman–Crippen LogP) is 7.91. The van der Waals surface area contributed by atoms with E-state index < -0.39 is 99.7 Å². The van der Waals surface area contributed by atoms with Gasteiger partial charge in [0.15, 0.2) is 17.3 Å². The number of carbonyl (C=O) groups is 10. The number of esters is 1. The molecule has 0 radical (unpaired) electrons. The summed E-state index contributed by atoms with van der Waals surface area (Å²) in [6, 6.07) is 3.82. The van der Waals surface area contributed by atoms with Crippen LogP contribution < -0.4 is 20.3 Å². The lowest BCUT2D eigenvalue weighted by molar-refractivity contribution is -0.162. The van der Waals surface area contributed by atoms with Crippen molar-refractivity contribution in [3.8, 4) is 5.75 Å². The zero-order chi connectivity index (χ0) is 66.6. The number of rotatable bonds is 26. The number of benzene rings is 1. The van der Waals surface area contributed by atoms with Gasteiger partial charge < -0.3 is 49.0 Å². The normalized spacial score (nSPS) is 25.2. The molecule has 0 spiro atoms. The molecule has 0 saturated carbocycles. The number of ether oxygens (including phenoxy) is 5. The Morgan fingerprint density at radius 3 is 2.42 bits per heavy atom. The number of fused-ring (bicyclic) bond motifs is 5. The van der Waals surface area contributed by atoms with Crippen molar-refractivity contribution in [1.82, 2.24) is 20.1 Å². The van der Waals surface area contributed by atoms with Crippen LogP contribution in [0.3, 0.4) is 0 Å². The van der Waals surface area contributed by atoms with Crippen molar-refractivity contribution < 1.29 is 81.8 Å². The number of anilines is 2. The van der Waals surface area contributed by atoms with Crippen molar-refractivity contribution in [2.75, 3.05) is 63.3 Å². The predicted molar refractivity (Wildman–Crippen MR) is 344 cm³/mol. The van der Waals surface area contributed by atoms with E-state index in [4.69, 9.17) is 35.3 Å². The van der Waals surface area contributed by atoms with Gasteiger partial charge in [0.1, 0.15) is 40.7 Å². The third-order valence-corrected chi connectivity index (χ3v) is 19.9. The van der Waals surface area contributed by atoms with Crippen LogP contribution in [-0.4, -0.2) is 189 Å². The number of ketones is 2. The average molecular weight is 1330 g/mol. The zero-order valence-corrected chi connectivity index (χ0v) is 56.2. The van der Waals surface area contributed by atoms with Crippen LogP contribution in [0, 0.1) is 5.92 Å². The fraction of sp³-hybridized carbons (Fsp3) is 0.571. The van der Waals surface area contributed by atoms with E-state index in [2.05, 4.69) is 15.6 Å². The lowest BCUT2D eigenvalue weighted by Gasteiger charge is -2.42. The molecule has 1 unspecified atom stereocenters. The average Bonchev–Trinajstić information content (AvgIpc) is 2.25. The van der Waals surface area contributed by atoms with Gasteiger partial charge in [-0.3, -0.25) is 48.8 Å². The van der Waals surface area contributed by atoms with Crippen LogP contribution in [0.1, 0.15) is 127 Å².